The second kappa shape index (κ2) is 20.8. The van der Waals surface area contributed by atoms with Gasteiger partial charge in [0.15, 0.2) is 0 Å². The third kappa shape index (κ3) is 15.0. The van der Waals surface area contributed by atoms with E-state index in [1.54, 1.807) is 30.6 Å². The number of ether oxygens (including phenoxy) is 2. The number of thiophene rings is 2. The maximum absolute atomic E-state index is 12.5. The molecule has 0 saturated carbocycles. The molecule has 2 aliphatic heterocycles. The smallest absolute Gasteiger partial charge is 0.410 e. The SMILES string of the molecule is CC(C)(C)OC(=O)N1CCc2sc(N)c(C#N)c2C1.CC(C)(C)OC(=O)N1CCc2sc(NC(=O)Cc3ccc(S(N)(=O)=O)cc3)c(C#N)c2C1.NS(=O)(=O)c1ccc(CC(=O)O)cc1. The summed E-state index contributed by atoms with van der Waals surface area (Å²) >= 11 is 2.77. The molecule has 4 heterocycles. The summed E-state index contributed by atoms with van der Waals surface area (Å²) in [6, 6.07) is 15.4. The van der Waals surface area contributed by atoms with Crippen LogP contribution >= 0.6 is 22.7 Å². The van der Waals surface area contributed by atoms with Crippen LogP contribution in [0.3, 0.4) is 0 Å². The fraction of sp³-hybridized carbons (Fsp3) is 0.381. The summed E-state index contributed by atoms with van der Waals surface area (Å²) in [5.41, 5.74) is 8.28. The van der Waals surface area contributed by atoms with Crippen molar-refractivity contribution in [3.8, 4) is 12.1 Å². The van der Waals surface area contributed by atoms with E-state index >= 15 is 0 Å². The number of nitriles is 2. The number of rotatable bonds is 7. The minimum Gasteiger partial charge on any atom is -0.481 e. The summed E-state index contributed by atoms with van der Waals surface area (Å²) in [7, 11) is -7.50. The highest BCUT2D eigenvalue weighted by Crippen LogP contribution is 2.37. The monoisotopic (exact) mass is 970 g/mol. The first-order valence-electron chi connectivity index (χ1n) is 19.6. The molecule has 0 unspecified atom stereocenters. The first-order valence-corrected chi connectivity index (χ1v) is 24.4. The van der Waals surface area contributed by atoms with Crippen molar-refractivity contribution in [2.75, 3.05) is 24.1 Å². The summed E-state index contributed by atoms with van der Waals surface area (Å²) in [6.45, 7) is 12.6. The van der Waals surface area contributed by atoms with Crippen molar-refractivity contribution in [2.45, 2.75) is 101 Å². The molecule has 348 valence electrons. The highest BCUT2D eigenvalue weighted by molar-refractivity contribution is 7.89. The number of nitrogens with one attached hydrogen (secondary N) is 1. The first kappa shape index (κ1) is 51.6. The molecule has 0 bridgehead atoms. The van der Waals surface area contributed by atoms with Gasteiger partial charge in [-0.3, -0.25) is 9.59 Å². The second-order valence-corrected chi connectivity index (χ2v) is 22.0. The molecule has 65 heavy (non-hydrogen) atoms. The molecule has 0 fully saturated rings. The van der Waals surface area contributed by atoms with Crippen molar-refractivity contribution < 1.29 is 50.6 Å². The van der Waals surface area contributed by atoms with Gasteiger partial charge in [-0.25, -0.2) is 36.7 Å². The molecule has 19 nitrogen and oxygen atoms in total. The van der Waals surface area contributed by atoms with Crippen LogP contribution in [0.2, 0.25) is 0 Å². The highest BCUT2D eigenvalue weighted by Gasteiger charge is 2.31. The average molecular weight is 971 g/mol. The van der Waals surface area contributed by atoms with Gasteiger partial charge < -0.3 is 35.4 Å². The number of sulfonamides is 2. The molecule has 8 N–H and O–H groups in total. The number of carbonyl (C=O) groups is 4. The van der Waals surface area contributed by atoms with Crippen LogP contribution in [0.1, 0.15) is 84.7 Å². The lowest BCUT2D eigenvalue weighted by Gasteiger charge is -2.30. The fourth-order valence-corrected chi connectivity index (χ4v) is 9.43. The summed E-state index contributed by atoms with van der Waals surface area (Å²) < 4.78 is 55.1. The van der Waals surface area contributed by atoms with Crippen molar-refractivity contribution in [1.29, 1.82) is 10.5 Å². The van der Waals surface area contributed by atoms with Crippen molar-refractivity contribution in [3.63, 3.8) is 0 Å². The van der Waals surface area contributed by atoms with Gasteiger partial charge in [0.1, 0.15) is 33.3 Å². The topological polar surface area (TPSA) is 319 Å². The Morgan fingerprint density at radius 3 is 1.49 bits per heavy atom. The Morgan fingerprint density at radius 2 is 1.11 bits per heavy atom. The molecule has 2 aromatic heterocycles. The molecule has 4 aromatic rings. The van der Waals surface area contributed by atoms with Crippen molar-refractivity contribution >= 4 is 76.8 Å². The van der Waals surface area contributed by atoms with Crippen LogP contribution in [0, 0.1) is 22.7 Å². The van der Waals surface area contributed by atoms with Crippen LogP contribution in [-0.4, -0.2) is 80.1 Å². The van der Waals surface area contributed by atoms with E-state index in [0.29, 0.717) is 58.3 Å². The third-order valence-electron chi connectivity index (χ3n) is 9.13. The number of fused-ring (bicyclic) bond motifs is 2. The molecule has 6 rings (SSSR count). The maximum Gasteiger partial charge on any atom is 0.410 e. The predicted octanol–water partition coefficient (Wildman–Crippen LogP) is 5.20. The summed E-state index contributed by atoms with van der Waals surface area (Å²) in [6.07, 6.45) is 0.385. The molecule has 2 aliphatic rings. The van der Waals surface area contributed by atoms with Gasteiger partial charge in [0.2, 0.25) is 26.0 Å². The minimum atomic E-state index is -3.80. The average Bonchev–Trinajstić information content (AvgIpc) is 3.70. The molecule has 0 saturated heterocycles. The van der Waals surface area contributed by atoms with Crippen molar-refractivity contribution in [2.24, 2.45) is 10.3 Å². The molecule has 2 aromatic carbocycles. The number of nitrogens with zero attached hydrogens (tertiary/aromatic N) is 4. The quantitative estimate of drug-likeness (QED) is 0.159. The number of carboxylic acid groups (broad SMARTS) is 1. The number of amides is 3. The van der Waals surface area contributed by atoms with Gasteiger partial charge in [-0.05, 0) is 76.9 Å². The number of carboxylic acids is 1. The second-order valence-electron chi connectivity index (χ2n) is 16.7. The molecule has 0 spiro atoms. The number of primary sulfonamides is 2. The number of nitrogens with two attached hydrogens (primary N) is 3. The van der Waals surface area contributed by atoms with Gasteiger partial charge in [-0.1, -0.05) is 24.3 Å². The zero-order chi connectivity index (χ0) is 48.7. The maximum atomic E-state index is 12.5. The van der Waals surface area contributed by atoms with Gasteiger partial charge in [0, 0.05) is 46.8 Å². The van der Waals surface area contributed by atoms with Crippen LogP contribution in [-0.2, 0) is 77.9 Å². The zero-order valence-corrected chi connectivity index (χ0v) is 39.7. The third-order valence-corrected chi connectivity index (χ3v) is 13.3. The van der Waals surface area contributed by atoms with Crippen LogP contribution in [0.4, 0.5) is 19.6 Å². The molecular formula is C42H50N8O11S4. The highest BCUT2D eigenvalue weighted by atomic mass is 32.2. The van der Waals surface area contributed by atoms with Crippen molar-refractivity contribution in [3.05, 3.63) is 91.7 Å². The molecule has 0 radical (unpaired) electrons. The fourth-order valence-electron chi connectivity index (χ4n) is 6.22. The number of carbonyl (C=O) groups excluding carboxylic acids is 3. The number of benzene rings is 2. The van der Waals surface area contributed by atoms with Gasteiger partial charge in [-0.2, -0.15) is 10.5 Å². The lowest BCUT2D eigenvalue weighted by molar-refractivity contribution is -0.136. The Kier molecular flexibility index (Phi) is 16.5. The van der Waals surface area contributed by atoms with E-state index in [-0.39, 0.29) is 41.2 Å². The molecule has 0 atom stereocenters. The molecular weight excluding hydrogens is 921 g/mol. The number of aliphatic carboxylic acids is 1. The number of hydrogen-bond acceptors (Lipinski definition) is 15. The molecule has 0 aliphatic carbocycles. The molecule has 23 heteroatoms. The van der Waals surface area contributed by atoms with Crippen LogP contribution in [0.25, 0.3) is 0 Å². The van der Waals surface area contributed by atoms with Crippen LogP contribution in [0.5, 0.6) is 0 Å². The van der Waals surface area contributed by atoms with E-state index in [9.17, 15) is 41.3 Å². The molecule has 3 amide bonds. The van der Waals surface area contributed by atoms with Crippen LogP contribution < -0.4 is 21.3 Å². The van der Waals surface area contributed by atoms with Crippen molar-refractivity contribution in [1.82, 2.24) is 9.80 Å². The minimum absolute atomic E-state index is 0.00235. The van der Waals surface area contributed by atoms with E-state index in [4.69, 9.17) is 35.9 Å². The Balaban J connectivity index is 0.000000237. The van der Waals surface area contributed by atoms with Crippen LogP contribution in [0.15, 0.2) is 58.3 Å². The number of nitrogen functional groups attached to an aromatic ring is 1. The zero-order valence-electron chi connectivity index (χ0n) is 36.5. The Bertz CT molecular complexity index is 2740. The van der Waals surface area contributed by atoms with E-state index in [1.807, 2.05) is 20.8 Å². The van der Waals surface area contributed by atoms with E-state index in [2.05, 4.69) is 17.5 Å². The predicted molar refractivity (Wildman–Crippen MR) is 242 cm³/mol. The largest absolute Gasteiger partial charge is 0.481 e. The Labute approximate surface area is 385 Å². The number of hydrogen-bond donors (Lipinski definition) is 5. The van der Waals surface area contributed by atoms with Gasteiger partial charge >= 0.3 is 18.2 Å². The van der Waals surface area contributed by atoms with E-state index in [1.165, 1.54) is 71.2 Å². The number of anilines is 2. The summed E-state index contributed by atoms with van der Waals surface area (Å²) in [5, 5.41) is 41.0. The standard InChI is InChI=1S/C21H24N4O5S2.C13H17N3O2S.C8H9NO4S/c1-21(2,3)30-20(27)25-9-8-17-16(12-25)15(11-22)19(31-17)24-18(26)10-13-4-6-14(7-5-13)32(23,28)29;1-13(2,3)18-12(17)16-5-4-10-9(7-16)8(6-14)11(15)19-10;9-14(12,13)7-3-1-6(2-4-7)5-8(10)11/h4-7H,8-10,12H2,1-3H3,(H,24,26)(H2,23,28,29);4-5,7,15H2,1-3H3;1-4H,5H2,(H,10,11)(H2,9,12,13). The Hall–Kier alpha value is -6.08. The lowest BCUT2D eigenvalue weighted by atomic mass is 10.1. The van der Waals surface area contributed by atoms with Gasteiger partial charge in [0.05, 0.1) is 46.8 Å². The summed E-state index contributed by atoms with van der Waals surface area (Å²) in [5.74, 6) is -1.30. The normalized spacial score (nSPS) is 13.5. The van der Waals surface area contributed by atoms with Gasteiger partial charge in [-0.15, -0.1) is 22.7 Å². The lowest BCUT2D eigenvalue weighted by Crippen LogP contribution is -2.39. The van der Waals surface area contributed by atoms with Gasteiger partial charge in [0.25, 0.3) is 0 Å². The summed E-state index contributed by atoms with van der Waals surface area (Å²) in [4.78, 5) is 52.5. The van der Waals surface area contributed by atoms with E-state index < -0.39 is 43.3 Å². The Morgan fingerprint density at radius 1 is 0.708 bits per heavy atom. The van der Waals surface area contributed by atoms with E-state index in [0.717, 1.165) is 27.3 Å². The first-order chi connectivity index (χ1) is 30.1.